The molecule has 6 aromatic rings. The van der Waals surface area contributed by atoms with Gasteiger partial charge in [0.15, 0.2) is 17.2 Å². The Morgan fingerprint density at radius 3 is 2.58 bits per heavy atom. The molecular weight excluding hydrogens is 487 g/mol. The highest BCUT2D eigenvalue weighted by molar-refractivity contribution is 5.87. The Hall–Kier alpha value is -5.05. The first-order valence-electron chi connectivity index (χ1n) is 12.1. The van der Waals surface area contributed by atoms with Crippen molar-refractivity contribution in [2.75, 3.05) is 6.61 Å². The molecule has 1 aliphatic heterocycles. The van der Waals surface area contributed by atoms with Gasteiger partial charge in [-0.05, 0) is 61.0 Å². The number of benzene rings is 3. The van der Waals surface area contributed by atoms with Crippen LogP contribution in [-0.2, 0) is 0 Å². The number of fused-ring (bicyclic) bond motifs is 6. The summed E-state index contributed by atoms with van der Waals surface area (Å²) < 4.78 is 32.7. The standard InChI is InChI=1S/C29H19FN4O4/c1-2-36-19-13-9-16(10-14-19)22-23-25(20-5-3-4-6-21(20)37-29(23)35)38-28-24(22)27-32-26(33-34(27)15-31-28)17-7-11-18(30)12-8-17/h3-15,22H,2H2,1H3. The normalized spacial score (nSPS) is 14.2. The van der Waals surface area contributed by atoms with Gasteiger partial charge in [0.1, 0.15) is 23.5 Å². The third kappa shape index (κ3) is 3.43. The molecule has 1 unspecified atom stereocenters. The van der Waals surface area contributed by atoms with Gasteiger partial charge in [0.2, 0.25) is 5.88 Å². The second-order valence-corrected chi connectivity index (χ2v) is 8.84. The topological polar surface area (TPSA) is 91.8 Å². The van der Waals surface area contributed by atoms with E-state index < -0.39 is 11.5 Å². The van der Waals surface area contributed by atoms with Gasteiger partial charge in [0.05, 0.1) is 29.0 Å². The largest absolute Gasteiger partial charge is 0.494 e. The van der Waals surface area contributed by atoms with Crippen molar-refractivity contribution in [1.82, 2.24) is 19.6 Å². The number of rotatable bonds is 4. The van der Waals surface area contributed by atoms with E-state index in [-0.39, 0.29) is 5.82 Å². The van der Waals surface area contributed by atoms with Crippen LogP contribution in [0, 0.1) is 5.82 Å². The maximum absolute atomic E-state index is 13.5. The zero-order valence-electron chi connectivity index (χ0n) is 20.1. The number of para-hydroxylation sites is 1. The van der Waals surface area contributed by atoms with Gasteiger partial charge in [0, 0.05) is 5.56 Å². The van der Waals surface area contributed by atoms with Crippen molar-refractivity contribution in [3.8, 4) is 28.8 Å². The molecular formula is C29H19FN4O4. The average Bonchev–Trinajstić information content (AvgIpc) is 3.38. The molecule has 186 valence electrons. The Balaban J connectivity index is 1.50. The van der Waals surface area contributed by atoms with Gasteiger partial charge in [-0.25, -0.2) is 23.7 Å². The van der Waals surface area contributed by atoms with E-state index >= 15 is 0 Å². The highest BCUT2D eigenvalue weighted by Crippen LogP contribution is 2.49. The lowest BCUT2D eigenvalue weighted by Crippen LogP contribution is -2.22. The van der Waals surface area contributed by atoms with Crippen LogP contribution >= 0.6 is 0 Å². The number of hydrogen-bond acceptors (Lipinski definition) is 7. The van der Waals surface area contributed by atoms with Gasteiger partial charge < -0.3 is 13.9 Å². The lowest BCUT2D eigenvalue weighted by atomic mass is 9.84. The highest BCUT2D eigenvalue weighted by Gasteiger charge is 2.37. The lowest BCUT2D eigenvalue weighted by molar-refractivity contribution is 0.340. The Bertz CT molecular complexity index is 1900. The summed E-state index contributed by atoms with van der Waals surface area (Å²) >= 11 is 0. The zero-order valence-corrected chi connectivity index (χ0v) is 20.1. The monoisotopic (exact) mass is 506 g/mol. The molecule has 38 heavy (non-hydrogen) atoms. The average molecular weight is 506 g/mol. The molecule has 0 amide bonds. The van der Waals surface area contributed by atoms with E-state index in [1.54, 1.807) is 24.3 Å². The fourth-order valence-corrected chi connectivity index (χ4v) is 4.91. The summed E-state index contributed by atoms with van der Waals surface area (Å²) in [6, 6.07) is 20.7. The van der Waals surface area contributed by atoms with Crippen LogP contribution < -0.4 is 15.1 Å². The van der Waals surface area contributed by atoms with Crippen molar-refractivity contribution in [1.29, 1.82) is 0 Å². The number of hydrogen-bond donors (Lipinski definition) is 0. The first kappa shape index (κ1) is 22.2. The third-order valence-corrected chi connectivity index (χ3v) is 6.59. The Kier molecular flexibility index (Phi) is 4.97. The number of nitrogens with zero attached hydrogens (tertiary/aromatic N) is 4. The van der Waals surface area contributed by atoms with Gasteiger partial charge in [-0.2, -0.15) is 0 Å². The van der Waals surface area contributed by atoms with Crippen LogP contribution in [0.3, 0.4) is 0 Å². The summed E-state index contributed by atoms with van der Waals surface area (Å²) in [7, 11) is 0. The van der Waals surface area contributed by atoms with Crippen molar-refractivity contribution < 1.29 is 18.3 Å². The minimum Gasteiger partial charge on any atom is -0.494 e. The minimum atomic E-state index is -0.605. The molecule has 0 N–H and O–H groups in total. The number of ether oxygens (including phenoxy) is 2. The summed E-state index contributed by atoms with van der Waals surface area (Å²) in [5.74, 6) is 0.868. The highest BCUT2D eigenvalue weighted by atomic mass is 19.1. The van der Waals surface area contributed by atoms with Crippen LogP contribution in [0.1, 0.15) is 29.5 Å². The van der Waals surface area contributed by atoms with E-state index in [1.807, 2.05) is 43.3 Å². The zero-order chi connectivity index (χ0) is 25.8. The van der Waals surface area contributed by atoms with E-state index in [1.165, 1.54) is 23.0 Å². The van der Waals surface area contributed by atoms with Crippen molar-refractivity contribution in [2.24, 2.45) is 0 Å². The van der Waals surface area contributed by atoms with Crippen LogP contribution in [0.25, 0.3) is 28.0 Å². The van der Waals surface area contributed by atoms with E-state index in [0.717, 1.165) is 5.56 Å². The molecule has 7 rings (SSSR count). The van der Waals surface area contributed by atoms with Crippen molar-refractivity contribution in [2.45, 2.75) is 12.8 Å². The van der Waals surface area contributed by atoms with Crippen LogP contribution in [0.2, 0.25) is 0 Å². The maximum Gasteiger partial charge on any atom is 0.344 e. The van der Waals surface area contributed by atoms with Crippen molar-refractivity contribution >= 4 is 16.6 Å². The smallest absolute Gasteiger partial charge is 0.344 e. The molecule has 0 saturated carbocycles. The van der Waals surface area contributed by atoms with Gasteiger partial charge in [-0.15, -0.1) is 5.10 Å². The molecule has 4 heterocycles. The summed E-state index contributed by atoms with van der Waals surface area (Å²) in [5, 5.41) is 5.22. The number of halogens is 1. The van der Waals surface area contributed by atoms with Crippen LogP contribution in [0.15, 0.2) is 88.3 Å². The minimum absolute atomic E-state index is 0.317. The molecule has 9 heteroatoms. The first-order chi connectivity index (χ1) is 18.6. The molecule has 1 aliphatic rings. The molecule has 0 spiro atoms. The molecule has 0 bridgehead atoms. The lowest BCUT2D eigenvalue weighted by Gasteiger charge is -2.27. The fraction of sp³-hybridized carbons (Fsp3) is 0.103. The molecule has 1 atom stereocenters. The quantitative estimate of drug-likeness (QED) is 0.282. The number of aromatic nitrogens is 4. The fourth-order valence-electron chi connectivity index (χ4n) is 4.91. The van der Waals surface area contributed by atoms with Gasteiger partial charge in [-0.1, -0.05) is 24.3 Å². The summed E-state index contributed by atoms with van der Waals surface area (Å²) in [6.45, 7) is 2.45. The molecule has 0 saturated heterocycles. The predicted octanol–water partition coefficient (Wildman–Crippen LogP) is 5.72. The van der Waals surface area contributed by atoms with E-state index in [0.29, 0.717) is 63.1 Å². The van der Waals surface area contributed by atoms with Crippen LogP contribution in [0.5, 0.6) is 17.4 Å². The summed E-state index contributed by atoms with van der Waals surface area (Å²) in [4.78, 5) is 22.8. The van der Waals surface area contributed by atoms with Crippen LogP contribution in [-0.4, -0.2) is 26.2 Å². The molecule has 3 aromatic carbocycles. The molecule has 0 fully saturated rings. The molecule has 0 radical (unpaired) electrons. The van der Waals surface area contributed by atoms with Crippen LogP contribution in [0.4, 0.5) is 4.39 Å². The molecule has 0 aliphatic carbocycles. The van der Waals surface area contributed by atoms with Gasteiger partial charge in [-0.3, -0.25) is 0 Å². The third-order valence-electron chi connectivity index (χ3n) is 6.59. The molecule has 3 aromatic heterocycles. The van der Waals surface area contributed by atoms with E-state index in [2.05, 4.69) is 10.1 Å². The predicted molar refractivity (Wildman–Crippen MR) is 137 cm³/mol. The SMILES string of the molecule is CCOc1ccc(C2c3c(c4ccccc4oc3=O)Oc3ncn4nc(-c5ccc(F)cc5)nc4c32)cc1. The maximum atomic E-state index is 13.5. The first-order valence-corrected chi connectivity index (χ1v) is 12.1. The van der Waals surface area contributed by atoms with E-state index in [9.17, 15) is 9.18 Å². The second-order valence-electron chi connectivity index (χ2n) is 8.84. The Morgan fingerprint density at radius 1 is 1.00 bits per heavy atom. The van der Waals surface area contributed by atoms with Crippen molar-refractivity contribution in [3.63, 3.8) is 0 Å². The Labute approximate surface area is 214 Å². The molecule has 8 nitrogen and oxygen atoms in total. The summed E-state index contributed by atoms with van der Waals surface area (Å²) in [6.07, 6.45) is 1.52. The van der Waals surface area contributed by atoms with Crippen molar-refractivity contribution in [3.05, 3.63) is 112 Å². The van der Waals surface area contributed by atoms with Gasteiger partial charge in [0.25, 0.3) is 0 Å². The van der Waals surface area contributed by atoms with E-state index in [4.69, 9.17) is 18.9 Å². The Morgan fingerprint density at radius 2 is 1.79 bits per heavy atom. The second kappa shape index (κ2) is 8.52. The van der Waals surface area contributed by atoms with Gasteiger partial charge >= 0.3 is 5.63 Å². The summed E-state index contributed by atoms with van der Waals surface area (Å²) in [5.41, 5.74) is 2.75.